The molecule has 3 rings (SSSR count). The predicted octanol–water partition coefficient (Wildman–Crippen LogP) is 2.86. The van der Waals surface area contributed by atoms with Crippen LogP contribution in [0.3, 0.4) is 0 Å². The van der Waals surface area contributed by atoms with Crippen LogP contribution in [-0.2, 0) is 4.79 Å². The predicted molar refractivity (Wildman–Crippen MR) is 98.9 cm³/mol. The third-order valence-electron chi connectivity index (χ3n) is 4.84. The number of carboxylic acids is 1. The highest BCUT2D eigenvalue weighted by Crippen LogP contribution is 2.32. The third-order valence-corrected chi connectivity index (χ3v) is 4.84. The first-order valence-corrected chi connectivity index (χ1v) is 8.97. The number of nitrogens with one attached hydrogen (secondary N) is 1. The SMILES string of the molecule is COc1cc(-c2onc(NCC3CCCN(C(C)=O)C3)c2C(=O)O)ccc1F. The van der Waals surface area contributed by atoms with Gasteiger partial charge in [0.05, 0.1) is 7.11 Å². The number of carbonyl (C=O) groups excluding carboxylic acids is 1. The van der Waals surface area contributed by atoms with Crippen molar-refractivity contribution < 1.29 is 28.3 Å². The molecule has 1 aliphatic heterocycles. The summed E-state index contributed by atoms with van der Waals surface area (Å²) in [4.78, 5) is 25.1. The van der Waals surface area contributed by atoms with Gasteiger partial charge >= 0.3 is 5.97 Å². The number of anilines is 1. The van der Waals surface area contributed by atoms with Crippen LogP contribution in [0.1, 0.15) is 30.1 Å². The number of halogens is 1. The lowest BCUT2D eigenvalue weighted by molar-refractivity contribution is -0.130. The molecule has 28 heavy (non-hydrogen) atoms. The molecule has 8 nitrogen and oxygen atoms in total. The minimum absolute atomic E-state index is 0.0160. The molecule has 0 aliphatic carbocycles. The molecule has 1 aromatic carbocycles. The number of carboxylic acid groups (broad SMARTS) is 1. The van der Waals surface area contributed by atoms with E-state index in [1.165, 1.54) is 25.3 Å². The second-order valence-electron chi connectivity index (χ2n) is 6.74. The van der Waals surface area contributed by atoms with E-state index in [2.05, 4.69) is 10.5 Å². The number of hydrogen-bond acceptors (Lipinski definition) is 6. The number of ether oxygens (including phenoxy) is 1. The van der Waals surface area contributed by atoms with Crippen LogP contribution in [0.2, 0.25) is 0 Å². The molecular formula is C19H22FN3O5. The third kappa shape index (κ3) is 4.08. The van der Waals surface area contributed by atoms with Gasteiger partial charge in [-0.2, -0.15) is 0 Å². The van der Waals surface area contributed by atoms with Crippen LogP contribution in [0.4, 0.5) is 10.2 Å². The lowest BCUT2D eigenvalue weighted by Gasteiger charge is -2.32. The van der Waals surface area contributed by atoms with Crippen LogP contribution in [0.15, 0.2) is 22.7 Å². The topological polar surface area (TPSA) is 105 Å². The summed E-state index contributed by atoms with van der Waals surface area (Å²) in [5.41, 5.74) is 0.213. The highest BCUT2D eigenvalue weighted by Gasteiger charge is 2.26. The molecular weight excluding hydrogens is 369 g/mol. The standard InChI is InChI=1S/C19H22FN3O5/c1-11(24)23-7-3-4-12(10-23)9-21-18-16(19(25)26)17(28-22-18)13-5-6-14(20)15(8-13)27-2/h5-6,8,12H,3-4,7,9-10H2,1-2H3,(H,21,22)(H,25,26). The van der Waals surface area contributed by atoms with E-state index in [9.17, 15) is 19.1 Å². The van der Waals surface area contributed by atoms with Gasteiger partial charge < -0.3 is 24.6 Å². The summed E-state index contributed by atoms with van der Waals surface area (Å²) in [5.74, 6) is -1.46. The summed E-state index contributed by atoms with van der Waals surface area (Å²) >= 11 is 0. The molecule has 1 aromatic heterocycles. The Bertz CT molecular complexity index is 882. The Morgan fingerprint density at radius 3 is 2.93 bits per heavy atom. The van der Waals surface area contributed by atoms with Gasteiger partial charge in [0.2, 0.25) is 5.91 Å². The van der Waals surface area contributed by atoms with E-state index in [4.69, 9.17) is 9.26 Å². The molecule has 2 aromatic rings. The zero-order valence-electron chi connectivity index (χ0n) is 15.7. The van der Waals surface area contributed by atoms with Crippen LogP contribution in [0.5, 0.6) is 5.75 Å². The number of piperidine rings is 1. The minimum Gasteiger partial charge on any atom is -0.494 e. The minimum atomic E-state index is -1.21. The molecule has 1 atom stereocenters. The zero-order valence-corrected chi connectivity index (χ0v) is 15.7. The number of amides is 1. The summed E-state index contributed by atoms with van der Waals surface area (Å²) in [6.45, 7) is 3.36. The van der Waals surface area contributed by atoms with Gasteiger partial charge in [0, 0.05) is 32.1 Å². The van der Waals surface area contributed by atoms with Gasteiger partial charge in [0.15, 0.2) is 28.7 Å². The Morgan fingerprint density at radius 2 is 2.25 bits per heavy atom. The maximum atomic E-state index is 13.6. The molecule has 0 spiro atoms. The second kappa shape index (κ2) is 8.28. The van der Waals surface area contributed by atoms with Crippen molar-refractivity contribution in [1.29, 1.82) is 0 Å². The summed E-state index contributed by atoms with van der Waals surface area (Å²) in [7, 11) is 1.32. The van der Waals surface area contributed by atoms with Crippen LogP contribution in [0, 0.1) is 11.7 Å². The average molecular weight is 391 g/mol. The largest absolute Gasteiger partial charge is 0.494 e. The lowest BCUT2D eigenvalue weighted by atomic mass is 9.98. The Balaban J connectivity index is 1.80. The fourth-order valence-electron chi connectivity index (χ4n) is 3.37. The zero-order chi connectivity index (χ0) is 20.3. The van der Waals surface area contributed by atoms with Gasteiger partial charge in [0.1, 0.15) is 0 Å². The molecule has 9 heteroatoms. The Kier molecular flexibility index (Phi) is 5.81. The van der Waals surface area contributed by atoms with E-state index >= 15 is 0 Å². The first kappa shape index (κ1) is 19.7. The fraction of sp³-hybridized carbons (Fsp3) is 0.421. The number of methoxy groups -OCH3 is 1. The van der Waals surface area contributed by atoms with E-state index in [0.717, 1.165) is 19.4 Å². The van der Waals surface area contributed by atoms with Crippen molar-refractivity contribution in [2.24, 2.45) is 5.92 Å². The molecule has 0 saturated carbocycles. The van der Waals surface area contributed by atoms with E-state index in [-0.39, 0.29) is 34.7 Å². The van der Waals surface area contributed by atoms with Crippen molar-refractivity contribution >= 4 is 17.7 Å². The maximum absolute atomic E-state index is 13.6. The van der Waals surface area contributed by atoms with Crippen molar-refractivity contribution in [2.45, 2.75) is 19.8 Å². The number of hydrogen-bond donors (Lipinski definition) is 2. The van der Waals surface area contributed by atoms with Crippen molar-refractivity contribution in [3.63, 3.8) is 0 Å². The van der Waals surface area contributed by atoms with Gasteiger partial charge in [-0.1, -0.05) is 5.16 Å². The quantitative estimate of drug-likeness (QED) is 0.780. The fourth-order valence-corrected chi connectivity index (χ4v) is 3.37. The molecule has 1 saturated heterocycles. The van der Waals surface area contributed by atoms with E-state index in [0.29, 0.717) is 18.7 Å². The van der Waals surface area contributed by atoms with Crippen LogP contribution >= 0.6 is 0 Å². The molecule has 150 valence electrons. The van der Waals surface area contributed by atoms with Gasteiger partial charge in [-0.15, -0.1) is 0 Å². The maximum Gasteiger partial charge on any atom is 0.343 e. The second-order valence-corrected chi connectivity index (χ2v) is 6.74. The number of likely N-dealkylation sites (tertiary alicyclic amines) is 1. The van der Waals surface area contributed by atoms with E-state index < -0.39 is 11.8 Å². The number of aromatic carboxylic acids is 1. The Morgan fingerprint density at radius 1 is 1.46 bits per heavy atom. The number of aromatic nitrogens is 1. The monoisotopic (exact) mass is 391 g/mol. The molecule has 1 aliphatic rings. The molecule has 1 fully saturated rings. The van der Waals surface area contributed by atoms with Gasteiger partial charge in [-0.25, -0.2) is 9.18 Å². The number of carbonyl (C=O) groups is 2. The van der Waals surface area contributed by atoms with Gasteiger partial charge in [-0.05, 0) is 37.0 Å². The lowest BCUT2D eigenvalue weighted by Crippen LogP contribution is -2.40. The summed E-state index contributed by atoms with van der Waals surface area (Å²) in [6, 6.07) is 3.94. The highest BCUT2D eigenvalue weighted by molar-refractivity contribution is 5.99. The van der Waals surface area contributed by atoms with Crippen molar-refractivity contribution in [1.82, 2.24) is 10.1 Å². The van der Waals surface area contributed by atoms with Crippen LogP contribution < -0.4 is 10.1 Å². The number of benzene rings is 1. The Labute approximate surface area is 161 Å². The normalized spacial score (nSPS) is 16.7. The molecule has 0 radical (unpaired) electrons. The summed E-state index contributed by atoms with van der Waals surface area (Å²) < 4.78 is 23.8. The first-order valence-electron chi connectivity index (χ1n) is 8.97. The summed E-state index contributed by atoms with van der Waals surface area (Å²) in [6.07, 6.45) is 1.83. The average Bonchev–Trinajstić information content (AvgIpc) is 3.11. The molecule has 2 heterocycles. The molecule has 1 unspecified atom stereocenters. The van der Waals surface area contributed by atoms with Crippen molar-refractivity contribution in [3.05, 3.63) is 29.6 Å². The molecule has 2 N–H and O–H groups in total. The smallest absolute Gasteiger partial charge is 0.343 e. The van der Waals surface area contributed by atoms with E-state index in [1.807, 2.05) is 0 Å². The number of rotatable bonds is 6. The summed E-state index contributed by atoms with van der Waals surface area (Å²) in [5, 5.41) is 16.5. The van der Waals surface area contributed by atoms with Crippen molar-refractivity contribution in [2.75, 3.05) is 32.1 Å². The highest BCUT2D eigenvalue weighted by atomic mass is 19.1. The van der Waals surface area contributed by atoms with Crippen LogP contribution in [-0.4, -0.2) is 53.8 Å². The van der Waals surface area contributed by atoms with Gasteiger partial charge in [-0.3, -0.25) is 4.79 Å². The van der Waals surface area contributed by atoms with Crippen LogP contribution in [0.25, 0.3) is 11.3 Å². The molecule has 0 bridgehead atoms. The van der Waals surface area contributed by atoms with Gasteiger partial charge in [0.25, 0.3) is 0 Å². The van der Waals surface area contributed by atoms with Crippen molar-refractivity contribution in [3.8, 4) is 17.1 Å². The van der Waals surface area contributed by atoms with E-state index in [1.54, 1.807) is 11.8 Å². The first-order chi connectivity index (χ1) is 13.4. The number of nitrogens with zero attached hydrogens (tertiary/aromatic N) is 2. The Hall–Kier alpha value is -3.10. The molecule has 1 amide bonds.